The molecule has 1 aliphatic rings. The monoisotopic (exact) mass is 460 g/mol. The minimum Gasteiger partial charge on any atom is -0.354 e. The van der Waals surface area contributed by atoms with Gasteiger partial charge in [0.15, 0.2) is 5.82 Å². The van der Waals surface area contributed by atoms with E-state index in [1.165, 1.54) is 18.2 Å². The van der Waals surface area contributed by atoms with Gasteiger partial charge in [0.05, 0.1) is 16.8 Å². The van der Waals surface area contributed by atoms with Crippen LogP contribution in [0.5, 0.6) is 0 Å². The van der Waals surface area contributed by atoms with Gasteiger partial charge in [-0.1, -0.05) is 53.2 Å². The Morgan fingerprint density at radius 2 is 1.77 bits per heavy atom. The van der Waals surface area contributed by atoms with Crippen LogP contribution in [-0.2, 0) is 11.3 Å². The van der Waals surface area contributed by atoms with Crippen molar-refractivity contribution in [3.8, 4) is 0 Å². The number of nitrogens with zero attached hydrogens (tertiary/aromatic N) is 3. The van der Waals surface area contributed by atoms with Crippen molar-refractivity contribution in [2.45, 2.75) is 30.8 Å². The minimum atomic E-state index is -0.0782. The Morgan fingerprint density at radius 3 is 2.50 bits per heavy atom. The summed E-state index contributed by atoms with van der Waals surface area (Å²) < 4.78 is 0. The molecule has 5 nitrogen and oxygen atoms in total. The molecule has 1 aromatic heterocycles. The maximum absolute atomic E-state index is 12.5. The van der Waals surface area contributed by atoms with Crippen molar-refractivity contribution in [3.63, 3.8) is 0 Å². The van der Waals surface area contributed by atoms with Crippen molar-refractivity contribution >= 4 is 57.7 Å². The normalized spacial score (nSPS) is 14.1. The molecule has 0 atom stereocenters. The van der Waals surface area contributed by atoms with Crippen LogP contribution in [0.3, 0.4) is 0 Å². The van der Waals surface area contributed by atoms with Crippen molar-refractivity contribution in [3.05, 3.63) is 58.1 Å². The Kier molecular flexibility index (Phi) is 6.97. The number of anilines is 1. The highest BCUT2D eigenvalue weighted by Crippen LogP contribution is 2.30. The predicted molar refractivity (Wildman–Crippen MR) is 125 cm³/mol. The second-order valence-electron chi connectivity index (χ2n) is 7.19. The Labute approximate surface area is 190 Å². The van der Waals surface area contributed by atoms with Crippen LogP contribution in [0.25, 0.3) is 11.0 Å². The van der Waals surface area contributed by atoms with E-state index in [9.17, 15) is 4.79 Å². The number of thioether (sulfide) groups is 1. The van der Waals surface area contributed by atoms with Gasteiger partial charge in [0, 0.05) is 29.7 Å². The summed E-state index contributed by atoms with van der Waals surface area (Å²) in [6.45, 7) is 2.31. The third-order valence-electron chi connectivity index (χ3n) is 5.01. The van der Waals surface area contributed by atoms with Crippen LogP contribution in [0.15, 0.2) is 47.5 Å². The molecule has 1 N–H and O–H groups in total. The van der Waals surface area contributed by atoms with Crippen molar-refractivity contribution < 1.29 is 4.79 Å². The molecule has 30 heavy (non-hydrogen) atoms. The van der Waals surface area contributed by atoms with E-state index in [1.54, 1.807) is 12.1 Å². The van der Waals surface area contributed by atoms with Crippen LogP contribution < -0.4 is 10.2 Å². The summed E-state index contributed by atoms with van der Waals surface area (Å²) in [4.78, 5) is 24.4. The number of fused-ring (bicyclic) bond motifs is 1. The zero-order valence-corrected chi connectivity index (χ0v) is 18.7. The fourth-order valence-corrected chi connectivity index (χ4v) is 4.74. The molecule has 0 spiro atoms. The highest BCUT2D eigenvalue weighted by molar-refractivity contribution is 8.00. The van der Waals surface area contributed by atoms with Crippen molar-refractivity contribution in [2.75, 3.05) is 23.7 Å². The molecule has 156 valence electrons. The molecular formula is C22H22Cl2N4OS. The van der Waals surface area contributed by atoms with Crippen LogP contribution in [0.1, 0.15) is 24.8 Å². The highest BCUT2D eigenvalue weighted by atomic mass is 35.5. The number of nitrogens with one attached hydrogen (secondary N) is 1. The molecule has 1 amide bonds. The minimum absolute atomic E-state index is 0.0782. The van der Waals surface area contributed by atoms with E-state index in [-0.39, 0.29) is 11.7 Å². The fraction of sp³-hybridized carbons (Fsp3) is 0.318. The van der Waals surface area contributed by atoms with Crippen LogP contribution in [0, 0.1) is 0 Å². The molecule has 2 aromatic carbocycles. The van der Waals surface area contributed by atoms with Gasteiger partial charge in [-0.3, -0.25) is 4.79 Å². The maximum atomic E-state index is 12.5. The number of carbonyl (C=O) groups excluding carboxylic acids is 1. The van der Waals surface area contributed by atoms with Gasteiger partial charge in [0.1, 0.15) is 5.03 Å². The standard InChI is InChI=1S/C22H22Cl2N4OS/c23-16-9-8-15(17(24)12-16)13-25-20(29)14-30-22-21(28-10-4-1-5-11-28)26-18-6-2-3-7-19(18)27-22/h2-3,6-9,12H,1,4-5,10-11,13-14H2,(H,25,29). The second-order valence-corrected chi connectivity index (χ2v) is 9.00. The fourth-order valence-electron chi connectivity index (χ4n) is 3.43. The zero-order chi connectivity index (χ0) is 20.9. The Bertz CT molecular complexity index is 1060. The Balaban J connectivity index is 1.46. The first-order valence-corrected chi connectivity index (χ1v) is 11.7. The van der Waals surface area contributed by atoms with Crippen molar-refractivity contribution in [2.24, 2.45) is 0 Å². The van der Waals surface area contributed by atoms with Crippen LogP contribution in [0.4, 0.5) is 5.82 Å². The number of piperidine rings is 1. The van der Waals surface area contributed by atoms with Gasteiger partial charge >= 0.3 is 0 Å². The smallest absolute Gasteiger partial charge is 0.230 e. The first-order valence-electron chi connectivity index (χ1n) is 9.95. The number of aromatic nitrogens is 2. The number of rotatable bonds is 6. The number of carbonyl (C=O) groups is 1. The van der Waals surface area contributed by atoms with E-state index in [2.05, 4.69) is 10.2 Å². The molecule has 1 aliphatic heterocycles. The van der Waals surface area contributed by atoms with E-state index in [4.69, 9.17) is 33.2 Å². The molecule has 0 aliphatic carbocycles. The lowest BCUT2D eigenvalue weighted by atomic mass is 10.1. The lowest BCUT2D eigenvalue weighted by Crippen LogP contribution is -2.31. The highest BCUT2D eigenvalue weighted by Gasteiger charge is 2.19. The molecule has 4 rings (SSSR count). The van der Waals surface area contributed by atoms with Gasteiger partial charge in [-0.25, -0.2) is 9.97 Å². The Hall–Kier alpha value is -2.02. The summed E-state index contributed by atoms with van der Waals surface area (Å²) in [5.74, 6) is 1.07. The molecule has 3 aromatic rings. The number of benzene rings is 2. The molecule has 1 fully saturated rings. The molecule has 0 radical (unpaired) electrons. The number of para-hydroxylation sites is 2. The summed E-state index contributed by atoms with van der Waals surface area (Å²) >= 11 is 13.5. The van der Waals surface area contributed by atoms with Gasteiger partial charge in [-0.05, 0) is 49.1 Å². The lowest BCUT2D eigenvalue weighted by molar-refractivity contribution is -0.118. The lowest BCUT2D eigenvalue weighted by Gasteiger charge is -2.29. The molecule has 2 heterocycles. The number of hydrogen-bond donors (Lipinski definition) is 1. The first-order chi connectivity index (χ1) is 14.6. The maximum Gasteiger partial charge on any atom is 0.230 e. The summed E-state index contributed by atoms with van der Waals surface area (Å²) in [7, 11) is 0. The third kappa shape index (κ3) is 5.17. The molecule has 0 saturated carbocycles. The SMILES string of the molecule is O=C(CSc1nc2ccccc2nc1N1CCCCC1)NCc1ccc(Cl)cc1Cl. The van der Waals surface area contributed by atoms with E-state index in [0.717, 1.165) is 53.4 Å². The number of hydrogen-bond acceptors (Lipinski definition) is 5. The van der Waals surface area contributed by atoms with Gasteiger partial charge in [0.2, 0.25) is 5.91 Å². The first kappa shape index (κ1) is 21.2. The second kappa shape index (κ2) is 9.86. The van der Waals surface area contributed by atoms with Gasteiger partial charge in [-0.2, -0.15) is 0 Å². The average Bonchev–Trinajstić information content (AvgIpc) is 2.77. The Morgan fingerprint density at radius 1 is 1.03 bits per heavy atom. The molecule has 0 unspecified atom stereocenters. The van der Waals surface area contributed by atoms with Gasteiger partial charge in [0.25, 0.3) is 0 Å². The van der Waals surface area contributed by atoms with Crippen LogP contribution >= 0.6 is 35.0 Å². The number of amides is 1. The quantitative estimate of drug-likeness (QED) is 0.503. The topological polar surface area (TPSA) is 58.1 Å². The van der Waals surface area contributed by atoms with E-state index < -0.39 is 0 Å². The van der Waals surface area contributed by atoms with E-state index >= 15 is 0 Å². The molecule has 0 bridgehead atoms. The summed E-state index contributed by atoms with van der Waals surface area (Å²) in [5.41, 5.74) is 2.55. The van der Waals surface area contributed by atoms with Crippen molar-refractivity contribution in [1.82, 2.24) is 15.3 Å². The van der Waals surface area contributed by atoms with Gasteiger partial charge < -0.3 is 10.2 Å². The summed E-state index contributed by atoms with van der Waals surface area (Å²) in [5, 5.41) is 4.84. The average molecular weight is 461 g/mol. The van der Waals surface area contributed by atoms with Crippen molar-refractivity contribution in [1.29, 1.82) is 0 Å². The van der Waals surface area contributed by atoms with Gasteiger partial charge in [-0.15, -0.1) is 0 Å². The summed E-state index contributed by atoms with van der Waals surface area (Å²) in [6.07, 6.45) is 3.55. The summed E-state index contributed by atoms with van der Waals surface area (Å²) in [6, 6.07) is 13.1. The van der Waals surface area contributed by atoms with E-state index in [1.807, 2.05) is 30.3 Å². The predicted octanol–water partition coefficient (Wildman–Crippen LogP) is 5.34. The van der Waals surface area contributed by atoms with Crippen LogP contribution in [-0.4, -0.2) is 34.7 Å². The van der Waals surface area contributed by atoms with Crippen LogP contribution in [0.2, 0.25) is 10.0 Å². The molecular weight excluding hydrogens is 439 g/mol. The number of halogens is 2. The molecule has 8 heteroatoms. The zero-order valence-electron chi connectivity index (χ0n) is 16.4. The third-order valence-corrected chi connectivity index (χ3v) is 6.55. The molecule has 1 saturated heterocycles. The largest absolute Gasteiger partial charge is 0.354 e. The van der Waals surface area contributed by atoms with E-state index in [0.29, 0.717) is 16.6 Å².